The monoisotopic (exact) mass is 256 g/mol. The van der Waals surface area contributed by atoms with Crippen LogP contribution in [0.3, 0.4) is 0 Å². The second-order valence-corrected chi connectivity index (χ2v) is 5.55. The number of halogens is 2. The Kier molecular flexibility index (Phi) is 3.71. The van der Waals surface area contributed by atoms with Gasteiger partial charge in [0.15, 0.2) is 0 Å². The molecule has 0 unspecified atom stereocenters. The molecule has 1 aromatic rings. The van der Waals surface area contributed by atoms with Crippen LogP contribution in [0.4, 0.5) is 4.39 Å². The van der Waals surface area contributed by atoms with E-state index in [2.05, 4.69) is 24.1 Å². The Balaban J connectivity index is 2.14. The minimum atomic E-state index is -0.279. The van der Waals surface area contributed by atoms with Crippen LogP contribution in [-0.2, 0) is 6.54 Å². The molecule has 4 heteroatoms. The van der Waals surface area contributed by atoms with Crippen molar-refractivity contribution in [3.8, 4) is 0 Å². The average molecular weight is 257 g/mol. The molecule has 17 heavy (non-hydrogen) atoms. The third-order valence-corrected chi connectivity index (χ3v) is 3.70. The van der Waals surface area contributed by atoms with Gasteiger partial charge in [-0.3, -0.25) is 4.90 Å². The molecular weight excluding hydrogens is 239 g/mol. The van der Waals surface area contributed by atoms with Crippen molar-refractivity contribution in [3.63, 3.8) is 0 Å². The predicted molar refractivity (Wildman–Crippen MR) is 68.8 cm³/mol. The molecule has 1 aromatic carbocycles. The van der Waals surface area contributed by atoms with Gasteiger partial charge in [-0.1, -0.05) is 17.7 Å². The molecule has 1 fully saturated rings. The van der Waals surface area contributed by atoms with Crippen LogP contribution in [0.15, 0.2) is 18.2 Å². The molecule has 1 aliphatic heterocycles. The normalized spacial score (nSPS) is 20.5. The van der Waals surface area contributed by atoms with E-state index in [1.165, 1.54) is 12.1 Å². The Morgan fingerprint density at radius 3 is 2.88 bits per heavy atom. The number of rotatable bonds is 2. The van der Waals surface area contributed by atoms with Crippen LogP contribution in [0, 0.1) is 5.82 Å². The standard InChI is InChI=1S/C13H18ClFN2/c1-13(2)9-16-5-6-17(13)8-10-3-4-11(15)7-12(10)14/h3-4,7,16H,5-6,8-9H2,1-2H3. The highest BCUT2D eigenvalue weighted by Gasteiger charge is 2.29. The first-order chi connectivity index (χ1) is 7.99. The zero-order chi connectivity index (χ0) is 12.5. The highest BCUT2D eigenvalue weighted by Crippen LogP contribution is 2.24. The molecule has 1 heterocycles. The SMILES string of the molecule is CC1(C)CNCCN1Cc1ccc(F)cc1Cl. The van der Waals surface area contributed by atoms with Gasteiger partial charge in [-0.15, -0.1) is 0 Å². The maximum atomic E-state index is 13.0. The molecule has 2 rings (SSSR count). The van der Waals surface area contributed by atoms with Crippen molar-refractivity contribution in [2.45, 2.75) is 25.9 Å². The van der Waals surface area contributed by atoms with E-state index >= 15 is 0 Å². The highest BCUT2D eigenvalue weighted by atomic mass is 35.5. The van der Waals surface area contributed by atoms with Crippen LogP contribution >= 0.6 is 11.6 Å². The molecule has 0 bridgehead atoms. The zero-order valence-electron chi connectivity index (χ0n) is 10.3. The molecule has 94 valence electrons. The van der Waals surface area contributed by atoms with E-state index in [9.17, 15) is 4.39 Å². The summed E-state index contributed by atoms with van der Waals surface area (Å²) in [4.78, 5) is 2.38. The fraction of sp³-hybridized carbons (Fsp3) is 0.538. The largest absolute Gasteiger partial charge is 0.314 e. The molecular formula is C13H18ClFN2. The Bertz CT molecular complexity index is 406. The van der Waals surface area contributed by atoms with Crippen LogP contribution in [0.5, 0.6) is 0 Å². The lowest BCUT2D eigenvalue weighted by atomic mass is 9.99. The minimum absolute atomic E-state index is 0.107. The lowest BCUT2D eigenvalue weighted by molar-refractivity contribution is 0.0828. The van der Waals surface area contributed by atoms with Crippen molar-refractivity contribution < 1.29 is 4.39 Å². The number of nitrogens with zero attached hydrogens (tertiary/aromatic N) is 1. The summed E-state index contributed by atoms with van der Waals surface area (Å²) in [6.07, 6.45) is 0. The summed E-state index contributed by atoms with van der Waals surface area (Å²) in [5.41, 5.74) is 1.10. The van der Waals surface area contributed by atoms with E-state index < -0.39 is 0 Å². The molecule has 0 aromatic heterocycles. The smallest absolute Gasteiger partial charge is 0.124 e. The maximum absolute atomic E-state index is 13.0. The molecule has 0 amide bonds. The Morgan fingerprint density at radius 1 is 1.47 bits per heavy atom. The Hall–Kier alpha value is -0.640. The van der Waals surface area contributed by atoms with Crippen molar-refractivity contribution in [2.75, 3.05) is 19.6 Å². The first-order valence-electron chi connectivity index (χ1n) is 5.89. The van der Waals surface area contributed by atoms with Crippen molar-refractivity contribution in [3.05, 3.63) is 34.6 Å². The fourth-order valence-corrected chi connectivity index (χ4v) is 2.40. The summed E-state index contributed by atoms with van der Waals surface area (Å²) in [6.45, 7) is 8.12. The van der Waals surface area contributed by atoms with E-state index in [0.717, 1.165) is 31.7 Å². The van der Waals surface area contributed by atoms with E-state index in [1.807, 2.05) is 0 Å². The summed E-state index contributed by atoms with van der Waals surface area (Å²) in [7, 11) is 0. The van der Waals surface area contributed by atoms with Gasteiger partial charge in [0.25, 0.3) is 0 Å². The number of hydrogen-bond donors (Lipinski definition) is 1. The van der Waals surface area contributed by atoms with E-state index in [0.29, 0.717) is 5.02 Å². The van der Waals surface area contributed by atoms with Crippen LogP contribution in [0.25, 0.3) is 0 Å². The third kappa shape index (κ3) is 2.97. The Labute approximate surface area is 107 Å². The number of nitrogens with one attached hydrogen (secondary N) is 1. The van der Waals surface area contributed by atoms with Crippen molar-refractivity contribution >= 4 is 11.6 Å². The summed E-state index contributed by atoms with van der Waals surface area (Å²) < 4.78 is 13.0. The second-order valence-electron chi connectivity index (χ2n) is 5.15. The van der Waals surface area contributed by atoms with E-state index in [-0.39, 0.29) is 11.4 Å². The number of piperazine rings is 1. The lowest BCUT2D eigenvalue weighted by Gasteiger charge is -2.43. The zero-order valence-corrected chi connectivity index (χ0v) is 11.0. The quantitative estimate of drug-likeness (QED) is 0.875. The average Bonchev–Trinajstić information content (AvgIpc) is 2.24. The molecule has 1 N–H and O–H groups in total. The van der Waals surface area contributed by atoms with Crippen molar-refractivity contribution in [1.82, 2.24) is 10.2 Å². The van der Waals surface area contributed by atoms with E-state index in [1.54, 1.807) is 6.07 Å². The molecule has 0 aliphatic carbocycles. The highest BCUT2D eigenvalue weighted by molar-refractivity contribution is 6.31. The van der Waals surface area contributed by atoms with Gasteiger partial charge in [-0.05, 0) is 31.5 Å². The maximum Gasteiger partial charge on any atom is 0.124 e. The van der Waals surface area contributed by atoms with Crippen molar-refractivity contribution in [2.24, 2.45) is 0 Å². The lowest BCUT2D eigenvalue weighted by Crippen LogP contribution is -2.57. The molecule has 0 saturated carbocycles. The molecule has 1 saturated heterocycles. The Morgan fingerprint density at radius 2 is 2.24 bits per heavy atom. The van der Waals surface area contributed by atoms with Crippen LogP contribution in [-0.4, -0.2) is 30.1 Å². The van der Waals surface area contributed by atoms with Gasteiger partial charge < -0.3 is 5.32 Å². The van der Waals surface area contributed by atoms with Crippen LogP contribution in [0.2, 0.25) is 5.02 Å². The summed E-state index contributed by atoms with van der Waals surface area (Å²) in [5.74, 6) is -0.279. The number of benzene rings is 1. The molecule has 1 aliphatic rings. The van der Waals surface area contributed by atoms with Gasteiger partial charge in [-0.25, -0.2) is 4.39 Å². The number of hydrogen-bond acceptors (Lipinski definition) is 2. The summed E-state index contributed by atoms with van der Waals surface area (Å²) >= 11 is 6.06. The third-order valence-electron chi connectivity index (χ3n) is 3.35. The van der Waals surface area contributed by atoms with Crippen molar-refractivity contribution in [1.29, 1.82) is 0 Å². The second kappa shape index (κ2) is 4.92. The summed E-state index contributed by atoms with van der Waals surface area (Å²) in [5, 5.41) is 3.89. The predicted octanol–water partition coefficient (Wildman–Crippen LogP) is 2.66. The van der Waals surface area contributed by atoms with Crippen LogP contribution in [0.1, 0.15) is 19.4 Å². The van der Waals surface area contributed by atoms with Crippen LogP contribution < -0.4 is 5.32 Å². The molecule has 0 radical (unpaired) electrons. The van der Waals surface area contributed by atoms with Gasteiger partial charge in [0.1, 0.15) is 5.82 Å². The first-order valence-corrected chi connectivity index (χ1v) is 6.26. The minimum Gasteiger partial charge on any atom is -0.314 e. The van der Waals surface area contributed by atoms with Gasteiger partial charge in [-0.2, -0.15) is 0 Å². The topological polar surface area (TPSA) is 15.3 Å². The fourth-order valence-electron chi connectivity index (χ4n) is 2.17. The van der Waals surface area contributed by atoms with Gasteiger partial charge >= 0.3 is 0 Å². The first kappa shape index (κ1) is 12.8. The van der Waals surface area contributed by atoms with Gasteiger partial charge in [0.2, 0.25) is 0 Å². The molecule has 0 spiro atoms. The van der Waals surface area contributed by atoms with E-state index in [4.69, 9.17) is 11.6 Å². The summed E-state index contributed by atoms with van der Waals surface area (Å²) in [6, 6.07) is 4.62. The van der Waals surface area contributed by atoms with Gasteiger partial charge in [0.05, 0.1) is 0 Å². The van der Waals surface area contributed by atoms with Gasteiger partial charge in [0, 0.05) is 36.7 Å². The molecule has 2 nitrogen and oxygen atoms in total. The molecule has 0 atom stereocenters.